The van der Waals surface area contributed by atoms with E-state index in [-0.39, 0.29) is 11.3 Å². The molecule has 0 radical (unpaired) electrons. The van der Waals surface area contributed by atoms with Crippen molar-refractivity contribution in [1.82, 2.24) is 10.2 Å². The summed E-state index contributed by atoms with van der Waals surface area (Å²) in [6, 6.07) is 0. The Kier molecular flexibility index (Phi) is 8.56. The third-order valence-electron chi connectivity index (χ3n) is 5.01. The molecule has 136 valence electrons. The lowest BCUT2D eigenvalue weighted by Crippen LogP contribution is -2.42. The second-order valence-electron chi connectivity index (χ2n) is 8.37. The summed E-state index contributed by atoms with van der Waals surface area (Å²) in [5, 5.41) is 3.10. The summed E-state index contributed by atoms with van der Waals surface area (Å²) in [6.45, 7) is 11.4. The summed E-state index contributed by atoms with van der Waals surface area (Å²) in [7, 11) is 4.06. The highest BCUT2D eigenvalue weighted by Gasteiger charge is 2.39. The molecule has 0 aromatic carbocycles. The molecule has 4 heteroatoms. The van der Waals surface area contributed by atoms with Gasteiger partial charge in [-0.2, -0.15) is 0 Å². The Labute approximate surface area is 143 Å². The zero-order valence-corrected chi connectivity index (χ0v) is 16.2. The van der Waals surface area contributed by atoms with E-state index in [0.717, 1.165) is 39.0 Å². The summed E-state index contributed by atoms with van der Waals surface area (Å²) in [4.78, 5) is 14.5. The molecule has 4 nitrogen and oxygen atoms in total. The minimum atomic E-state index is 0.125. The fourth-order valence-electron chi connectivity index (χ4n) is 3.34. The van der Waals surface area contributed by atoms with Gasteiger partial charge in [-0.15, -0.1) is 0 Å². The van der Waals surface area contributed by atoms with Gasteiger partial charge in [0.2, 0.25) is 5.91 Å². The molecular weight excluding hydrogens is 288 g/mol. The summed E-state index contributed by atoms with van der Waals surface area (Å²) in [5.74, 6) is 1.41. The fourth-order valence-corrected chi connectivity index (χ4v) is 3.34. The zero-order chi connectivity index (χ0) is 17.5. The highest BCUT2D eigenvalue weighted by molar-refractivity contribution is 5.76. The second kappa shape index (κ2) is 9.63. The summed E-state index contributed by atoms with van der Waals surface area (Å²) in [6.07, 6.45) is 5.32. The van der Waals surface area contributed by atoms with Crippen molar-refractivity contribution >= 4 is 5.91 Å². The van der Waals surface area contributed by atoms with Gasteiger partial charge in [0, 0.05) is 26.1 Å². The SMILES string of the molecule is CC(C)CCC1(CC(=O)NCCN(C)C)CCOC(C(C)C)C1. The second-order valence-corrected chi connectivity index (χ2v) is 8.37. The first-order valence-electron chi connectivity index (χ1n) is 9.27. The predicted octanol–water partition coefficient (Wildman–Crippen LogP) is 3.31. The first-order chi connectivity index (χ1) is 10.7. The average molecular weight is 327 g/mol. The maximum Gasteiger partial charge on any atom is 0.220 e. The molecule has 0 aliphatic carbocycles. The van der Waals surface area contributed by atoms with E-state index in [1.54, 1.807) is 0 Å². The Hall–Kier alpha value is -0.610. The van der Waals surface area contributed by atoms with Crippen molar-refractivity contribution in [1.29, 1.82) is 0 Å². The zero-order valence-electron chi connectivity index (χ0n) is 16.2. The van der Waals surface area contributed by atoms with E-state index in [0.29, 0.717) is 24.4 Å². The molecule has 0 aromatic rings. The smallest absolute Gasteiger partial charge is 0.220 e. The Balaban J connectivity index is 2.65. The lowest BCUT2D eigenvalue weighted by Gasteiger charge is -2.42. The molecule has 1 amide bonds. The lowest BCUT2D eigenvalue weighted by molar-refractivity contribution is -0.128. The van der Waals surface area contributed by atoms with Crippen LogP contribution in [0, 0.1) is 17.3 Å². The number of hydrogen-bond acceptors (Lipinski definition) is 3. The van der Waals surface area contributed by atoms with E-state index in [4.69, 9.17) is 4.74 Å². The highest BCUT2D eigenvalue weighted by Crippen LogP contribution is 2.43. The first kappa shape index (κ1) is 20.4. The van der Waals surface area contributed by atoms with E-state index in [2.05, 4.69) is 37.9 Å². The van der Waals surface area contributed by atoms with Gasteiger partial charge in [-0.1, -0.05) is 34.1 Å². The number of carbonyl (C=O) groups excluding carboxylic acids is 1. The number of amides is 1. The number of hydrogen-bond donors (Lipinski definition) is 1. The van der Waals surface area contributed by atoms with Gasteiger partial charge in [0.25, 0.3) is 0 Å². The maximum absolute atomic E-state index is 12.4. The topological polar surface area (TPSA) is 41.6 Å². The predicted molar refractivity (Wildman–Crippen MR) is 96.5 cm³/mol. The van der Waals surface area contributed by atoms with Gasteiger partial charge in [-0.05, 0) is 50.6 Å². The summed E-state index contributed by atoms with van der Waals surface area (Å²) >= 11 is 0. The van der Waals surface area contributed by atoms with Crippen LogP contribution in [0.3, 0.4) is 0 Å². The van der Waals surface area contributed by atoms with Crippen molar-refractivity contribution in [2.45, 2.75) is 65.9 Å². The Morgan fingerprint density at radius 3 is 2.57 bits per heavy atom. The van der Waals surface area contributed by atoms with E-state index in [9.17, 15) is 4.79 Å². The van der Waals surface area contributed by atoms with Crippen LogP contribution >= 0.6 is 0 Å². The molecule has 2 unspecified atom stereocenters. The van der Waals surface area contributed by atoms with E-state index < -0.39 is 0 Å². The minimum absolute atomic E-state index is 0.125. The number of likely N-dealkylation sites (N-methyl/N-ethyl adjacent to an activating group) is 1. The van der Waals surface area contributed by atoms with Crippen molar-refractivity contribution < 1.29 is 9.53 Å². The van der Waals surface area contributed by atoms with Crippen LogP contribution in [0.5, 0.6) is 0 Å². The quantitative estimate of drug-likeness (QED) is 0.707. The van der Waals surface area contributed by atoms with Crippen LogP contribution in [-0.4, -0.2) is 50.7 Å². The third kappa shape index (κ3) is 7.67. The molecule has 1 aliphatic rings. The minimum Gasteiger partial charge on any atom is -0.378 e. The maximum atomic E-state index is 12.4. The molecule has 1 aliphatic heterocycles. The molecular formula is C19H38N2O2. The summed E-state index contributed by atoms with van der Waals surface area (Å²) in [5.41, 5.74) is 0.125. The molecule has 0 spiro atoms. The third-order valence-corrected chi connectivity index (χ3v) is 5.01. The van der Waals surface area contributed by atoms with Crippen molar-refractivity contribution in [3.63, 3.8) is 0 Å². The van der Waals surface area contributed by atoms with Gasteiger partial charge in [0.1, 0.15) is 0 Å². The summed E-state index contributed by atoms with van der Waals surface area (Å²) < 4.78 is 5.96. The van der Waals surface area contributed by atoms with Gasteiger partial charge in [0.15, 0.2) is 0 Å². The molecule has 1 rings (SSSR count). The van der Waals surface area contributed by atoms with Gasteiger partial charge in [0.05, 0.1) is 6.10 Å². The van der Waals surface area contributed by atoms with Crippen molar-refractivity contribution in [3.8, 4) is 0 Å². The number of nitrogens with one attached hydrogen (secondary N) is 1. The number of ether oxygens (including phenoxy) is 1. The average Bonchev–Trinajstić information content (AvgIpc) is 2.45. The van der Waals surface area contributed by atoms with Gasteiger partial charge in [-0.25, -0.2) is 0 Å². The highest BCUT2D eigenvalue weighted by atomic mass is 16.5. The van der Waals surface area contributed by atoms with Crippen molar-refractivity contribution in [2.24, 2.45) is 17.3 Å². The van der Waals surface area contributed by atoms with E-state index in [1.165, 1.54) is 6.42 Å². The fraction of sp³-hybridized carbons (Fsp3) is 0.947. The van der Waals surface area contributed by atoms with Gasteiger partial charge in [-0.3, -0.25) is 4.79 Å². The first-order valence-corrected chi connectivity index (χ1v) is 9.27. The molecule has 0 bridgehead atoms. The molecule has 1 heterocycles. The van der Waals surface area contributed by atoms with Gasteiger partial charge >= 0.3 is 0 Å². The van der Waals surface area contributed by atoms with Crippen LogP contribution < -0.4 is 5.32 Å². The van der Waals surface area contributed by atoms with Crippen LogP contribution in [0.4, 0.5) is 0 Å². The Morgan fingerprint density at radius 1 is 1.30 bits per heavy atom. The van der Waals surface area contributed by atoms with Crippen LogP contribution in [0.2, 0.25) is 0 Å². The normalized spacial score (nSPS) is 25.3. The molecule has 23 heavy (non-hydrogen) atoms. The molecule has 1 saturated heterocycles. The number of nitrogens with zero attached hydrogens (tertiary/aromatic N) is 1. The standard InChI is InChI=1S/C19H38N2O2/c1-15(2)7-8-19(9-12-23-17(13-19)16(3)4)14-18(22)20-10-11-21(5)6/h15-17H,7-14H2,1-6H3,(H,20,22). The molecule has 0 aromatic heterocycles. The van der Waals surface area contributed by atoms with Crippen LogP contribution in [-0.2, 0) is 9.53 Å². The van der Waals surface area contributed by atoms with E-state index >= 15 is 0 Å². The molecule has 1 fully saturated rings. The molecule has 0 saturated carbocycles. The number of rotatable bonds is 9. The van der Waals surface area contributed by atoms with Crippen molar-refractivity contribution in [3.05, 3.63) is 0 Å². The monoisotopic (exact) mass is 326 g/mol. The Bertz CT molecular complexity index is 355. The van der Waals surface area contributed by atoms with Crippen LogP contribution in [0.1, 0.15) is 59.8 Å². The van der Waals surface area contributed by atoms with Gasteiger partial charge < -0.3 is 15.0 Å². The molecule has 1 N–H and O–H groups in total. The Morgan fingerprint density at radius 2 is 2.00 bits per heavy atom. The number of carbonyl (C=O) groups is 1. The van der Waals surface area contributed by atoms with E-state index in [1.807, 2.05) is 14.1 Å². The lowest BCUT2D eigenvalue weighted by atomic mass is 9.69. The molecule has 2 atom stereocenters. The van der Waals surface area contributed by atoms with Crippen LogP contribution in [0.15, 0.2) is 0 Å². The van der Waals surface area contributed by atoms with Crippen molar-refractivity contribution in [2.75, 3.05) is 33.8 Å². The largest absolute Gasteiger partial charge is 0.378 e. The van der Waals surface area contributed by atoms with Crippen LogP contribution in [0.25, 0.3) is 0 Å².